The van der Waals surface area contributed by atoms with Crippen molar-refractivity contribution in [2.75, 3.05) is 18.5 Å². The van der Waals surface area contributed by atoms with Crippen LogP contribution in [0.4, 0.5) is 5.82 Å². The first-order valence-electron chi connectivity index (χ1n) is 6.62. The van der Waals surface area contributed by atoms with E-state index in [4.69, 9.17) is 0 Å². The van der Waals surface area contributed by atoms with Gasteiger partial charge in [-0.15, -0.1) is 11.3 Å². The molecule has 0 aromatic carbocycles. The van der Waals surface area contributed by atoms with Gasteiger partial charge in [-0.1, -0.05) is 6.07 Å². The van der Waals surface area contributed by atoms with E-state index in [1.165, 1.54) is 16.0 Å². The number of nitrogens with one attached hydrogen (secondary N) is 1. The number of rotatable bonds is 6. The van der Waals surface area contributed by atoms with Crippen LogP contribution in [0.25, 0.3) is 0 Å². The maximum atomic E-state index is 4.64. The van der Waals surface area contributed by atoms with Crippen LogP contribution in [0, 0.1) is 6.92 Å². The lowest BCUT2D eigenvalue weighted by atomic mass is 10.2. The van der Waals surface area contributed by atoms with Gasteiger partial charge in [0.05, 0.1) is 6.54 Å². The Hall–Kier alpha value is -1.39. The van der Waals surface area contributed by atoms with Gasteiger partial charge in [-0.3, -0.25) is 0 Å². The minimum absolute atomic E-state index is 0.866. The summed E-state index contributed by atoms with van der Waals surface area (Å²) in [5, 5.41) is 5.28. The molecule has 0 bridgehead atoms. The first-order valence-corrected chi connectivity index (χ1v) is 7.50. The Bertz CT molecular complexity index is 508. The number of aromatic nitrogens is 1. The van der Waals surface area contributed by atoms with Crippen molar-refractivity contribution in [2.45, 2.75) is 26.9 Å². The molecule has 19 heavy (non-hydrogen) atoms. The van der Waals surface area contributed by atoms with Crippen LogP contribution in [-0.2, 0) is 13.1 Å². The molecule has 0 aliphatic heterocycles. The second-order valence-electron chi connectivity index (χ2n) is 4.61. The quantitative estimate of drug-likeness (QED) is 0.877. The molecular formula is C15H21N3S. The first kappa shape index (κ1) is 14.0. The van der Waals surface area contributed by atoms with Gasteiger partial charge in [-0.05, 0) is 49.5 Å². The van der Waals surface area contributed by atoms with Gasteiger partial charge in [0.1, 0.15) is 5.82 Å². The van der Waals surface area contributed by atoms with E-state index in [0.29, 0.717) is 0 Å². The SMILES string of the molecule is CCN(Cc1cccs1)c1ncc(CNC)cc1C. The number of pyridine rings is 1. The highest BCUT2D eigenvalue weighted by Crippen LogP contribution is 2.21. The minimum Gasteiger partial charge on any atom is -0.352 e. The zero-order valence-electron chi connectivity index (χ0n) is 11.8. The highest BCUT2D eigenvalue weighted by atomic mass is 32.1. The third-order valence-electron chi connectivity index (χ3n) is 3.10. The summed E-state index contributed by atoms with van der Waals surface area (Å²) in [4.78, 5) is 8.34. The summed E-state index contributed by atoms with van der Waals surface area (Å²) in [5.41, 5.74) is 2.47. The molecule has 0 amide bonds. The Morgan fingerprint density at radius 3 is 2.84 bits per heavy atom. The second-order valence-corrected chi connectivity index (χ2v) is 5.64. The Morgan fingerprint density at radius 2 is 2.26 bits per heavy atom. The zero-order valence-corrected chi connectivity index (χ0v) is 12.6. The number of hydrogen-bond donors (Lipinski definition) is 1. The van der Waals surface area contributed by atoms with Crippen LogP contribution in [0.1, 0.15) is 22.9 Å². The molecule has 0 unspecified atom stereocenters. The predicted octanol–water partition coefficient (Wildman–Crippen LogP) is 3.20. The van der Waals surface area contributed by atoms with E-state index < -0.39 is 0 Å². The largest absolute Gasteiger partial charge is 0.352 e. The summed E-state index contributed by atoms with van der Waals surface area (Å²) in [5.74, 6) is 1.09. The van der Waals surface area contributed by atoms with Crippen LogP contribution in [0.15, 0.2) is 29.8 Å². The number of aryl methyl sites for hydroxylation is 1. The highest BCUT2D eigenvalue weighted by Gasteiger charge is 2.10. The summed E-state index contributed by atoms with van der Waals surface area (Å²) in [6.07, 6.45) is 1.97. The van der Waals surface area contributed by atoms with Gasteiger partial charge in [0.25, 0.3) is 0 Å². The van der Waals surface area contributed by atoms with Crippen LogP contribution < -0.4 is 10.2 Å². The molecular weight excluding hydrogens is 254 g/mol. The average Bonchev–Trinajstić information content (AvgIpc) is 2.90. The molecule has 2 aromatic heterocycles. The fraction of sp³-hybridized carbons (Fsp3) is 0.400. The lowest BCUT2D eigenvalue weighted by Crippen LogP contribution is -2.23. The third-order valence-corrected chi connectivity index (χ3v) is 3.96. The van der Waals surface area contributed by atoms with Crippen molar-refractivity contribution < 1.29 is 0 Å². The second kappa shape index (κ2) is 6.68. The molecule has 2 heterocycles. The van der Waals surface area contributed by atoms with Gasteiger partial charge in [0.15, 0.2) is 0 Å². The molecule has 0 aliphatic carbocycles. The predicted molar refractivity (Wildman–Crippen MR) is 82.8 cm³/mol. The van der Waals surface area contributed by atoms with E-state index in [1.54, 1.807) is 11.3 Å². The van der Waals surface area contributed by atoms with Gasteiger partial charge in [-0.2, -0.15) is 0 Å². The van der Waals surface area contributed by atoms with Gasteiger partial charge >= 0.3 is 0 Å². The molecule has 0 aliphatic rings. The zero-order chi connectivity index (χ0) is 13.7. The van der Waals surface area contributed by atoms with Crippen LogP contribution in [0.3, 0.4) is 0 Å². The summed E-state index contributed by atoms with van der Waals surface area (Å²) < 4.78 is 0. The lowest BCUT2D eigenvalue weighted by molar-refractivity contribution is 0.795. The van der Waals surface area contributed by atoms with Crippen molar-refractivity contribution in [3.8, 4) is 0 Å². The molecule has 0 saturated carbocycles. The molecule has 0 radical (unpaired) electrons. The summed E-state index contributed by atoms with van der Waals surface area (Å²) in [7, 11) is 1.96. The molecule has 0 saturated heterocycles. The number of nitrogens with zero attached hydrogens (tertiary/aromatic N) is 2. The number of thiophene rings is 1. The van der Waals surface area contributed by atoms with Crippen molar-refractivity contribution in [1.82, 2.24) is 10.3 Å². The smallest absolute Gasteiger partial charge is 0.131 e. The van der Waals surface area contributed by atoms with E-state index in [2.05, 4.69) is 52.6 Å². The van der Waals surface area contributed by atoms with Crippen molar-refractivity contribution in [3.05, 3.63) is 45.8 Å². The van der Waals surface area contributed by atoms with Gasteiger partial charge < -0.3 is 10.2 Å². The van der Waals surface area contributed by atoms with Crippen LogP contribution >= 0.6 is 11.3 Å². The first-order chi connectivity index (χ1) is 9.24. The molecule has 3 nitrogen and oxygen atoms in total. The van der Waals surface area contributed by atoms with Crippen LogP contribution in [-0.4, -0.2) is 18.6 Å². The van der Waals surface area contributed by atoms with Crippen molar-refractivity contribution in [1.29, 1.82) is 0 Å². The van der Waals surface area contributed by atoms with E-state index >= 15 is 0 Å². The van der Waals surface area contributed by atoms with Crippen LogP contribution in [0.2, 0.25) is 0 Å². The fourth-order valence-corrected chi connectivity index (χ4v) is 2.90. The lowest BCUT2D eigenvalue weighted by Gasteiger charge is -2.23. The monoisotopic (exact) mass is 275 g/mol. The number of hydrogen-bond acceptors (Lipinski definition) is 4. The Kier molecular flexibility index (Phi) is 4.93. The van der Waals surface area contributed by atoms with Gasteiger partial charge in [0.2, 0.25) is 0 Å². The van der Waals surface area contributed by atoms with Gasteiger partial charge in [0, 0.05) is 24.2 Å². The van der Waals surface area contributed by atoms with Crippen molar-refractivity contribution in [3.63, 3.8) is 0 Å². The molecule has 0 spiro atoms. The maximum Gasteiger partial charge on any atom is 0.131 e. The average molecular weight is 275 g/mol. The molecule has 102 valence electrons. The Balaban J connectivity index is 2.18. The minimum atomic E-state index is 0.866. The van der Waals surface area contributed by atoms with Crippen LogP contribution in [0.5, 0.6) is 0 Å². The standard InChI is InChI=1S/C15H21N3S/c1-4-18(11-14-6-5-7-19-14)15-12(2)8-13(9-16-3)10-17-15/h5-8,10,16H,4,9,11H2,1-3H3. The normalized spacial score (nSPS) is 10.7. The molecule has 1 N–H and O–H groups in total. The van der Waals surface area contributed by atoms with E-state index in [1.807, 2.05) is 13.2 Å². The van der Waals surface area contributed by atoms with Gasteiger partial charge in [-0.25, -0.2) is 4.98 Å². The van der Waals surface area contributed by atoms with E-state index in [0.717, 1.165) is 25.5 Å². The summed E-state index contributed by atoms with van der Waals surface area (Å²) in [6, 6.07) is 6.50. The number of anilines is 1. The van der Waals surface area contributed by atoms with E-state index in [-0.39, 0.29) is 0 Å². The molecule has 2 aromatic rings. The Labute approximate surface area is 119 Å². The molecule has 0 atom stereocenters. The molecule has 4 heteroatoms. The summed E-state index contributed by atoms with van der Waals surface area (Å²) >= 11 is 1.80. The maximum absolute atomic E-state index is 4.64. The molecule has 0 fully saturated rings. The Morgan fingerprint density at radius 1 is 1.42 bits per heavy atom. The topological polar surface area (TPSA) is 28.2 Å². The fourth-order valence-electron chi connectivity index (χ4n) is 2.18. The highest BCUT2D eigenvalue weighted by molar-refractivity contribution is 7.09. The summed E-state index contributed by atoms with van der Waals surface area (Å²) in [6.45, 7) is 7.09. The van der Waals surface area contributed by atoms with Crippen molar-refractivity contribution in [2.24, 2.45) is 0 Å². The molecule has 2 rings (SSSR count). The van der Waals surface area contributed by atoms with Crippen molar-refractivity contribution >= 4 is 17.2 Å². The third kappa shape index (κ3) is 3.55. The van der Waals surface area contributed by atoms with E-state index in [9.17, 15) is 0 Å².